The van der Waals surface area contributed by atoms with Crippen LogP contribution in [0.4, 0.5) is 0 Å². The molecule has 98 valence electrons. The molecule has 1 rings (SSSR count). The van der Waals surface area contributed by atoms with Crippen LogP contribution in [0.5, 0.6) is 0 Å². The monoisotopic (exact) mass is 240 g/mol. The van der Waals surface area contributed by atoms with E-state index >= 15 is 0 Å². The highest BCUT2D eigenvalue weighted by atomic mass is 16.2. The molecule has 0 aliphatic carbocycles. The predicted octanol–water partition coefficient (Wildman–Crippen LogP) is 1.06. The fourth-order valence-corrected chi connectivity index (χ4v) is 2.00. The predicted molar refractivity (Wildman–Crippen MR) is 67.7 cm³/mol. The second-order valence-corrected chi connectivity index (χ2v) is 6.07. The topological polar surface area (TPSA) is 49.4 Å². The van der Waals surface area contributed by atoms with Crippen LogP contribution in [0.1, 0.15) is 33.6 Å². The van der Waals surface area contributed by atoms with E-state index in [2.05, 4.69) is 17.3 Å². The molecule has 1 amide bonds. The SMILES string of the molecule is CN1CCC(C(=O)NC(C=O)C(C)(C)C)CC1. The van der Waals surface area contributed by atoms with Gasteiger partial charge in [-0.1, -0.05) is 20.8 Å². The van der Waals surface area contributed by atoms with E-state index in [1.165, 1.54) is 0 Å². The summed E-state index contributed by atoms with van der Waals surface area (Å²) in [7, 11) is 2.07. The molecule has 0 spiro atoms. The van der Waals surface area contributed by atoms with Crippen LogP contribution in [-0.4, -0.2) is 43.3 Å². The first-order valence-corrected chi connectivity index (χ1v) is 6.29. The fraction of sp³-hybridized carbons (Fsp3) is 0.846. The average Bonchev–Trinajstić information content (AvgIpc) is 2.24. The number of aldehydes is 1. The zero-order chi connectivity index (χ0) is 13.1. The highest BCUT2D eigenvalue weighted by molar-refractivity contribution is 5.82. The average molecular weight is 240 g/mol. The number of carbonyl (C=O) groups excluding carboxylic acids is 2. The summed E-state index contributed by atoms with van der Waals surface area (Å²) in [5.74, 6) is 0.0983. The standard InChI is InChI=1S/C13H24N2O2/c1-13(2,3)11(9-16)14-12(17)10-5-7-15(4)8-6-10/h9-11H,5-8H2,1-4H3,(H,14,17). The number of hydrogen-bond donors (Lipinski definition) is 1. The number of piperidine rings is 1. The van der Waals surface area contributed by atoms with Gasteiger partial charge in [0.05, 0.1) is 6.04 Å². The number of carbonyl (C=O) groups is 2. The van der Waals surface area contributed by atoms with Gasteiger partial charge in [0.1, 0.15) is 6.29 Å². The first-order chi connectivity index (χ1) is 7.84. The molecular formula is C13H24N2O2. The maximum atomic E-state index is 12.0. The van der Waals surface area contributed by atoms with Gasteiger partial charge in [-0.3, -0.25) is 4.79 Å². The van der Waals surface area contributed by atoms with Gasteiger partial charge in [-0.25, -0.2) is 0 Å². The highest BCUT2D eigenvalue weighted by Crippen LogP contribution is 2.20. The van der Waals surface area contributed by atoms with Crippen molar-refractivity contribution in [3.8, 4) is 0 Å². The third kappa shape index (κ3) is 4.11. The molecule has 1 aliphatic heterocycles. The molecule has 1 aliphatic rings. The molecule has 0 saturated carbocycles. The van der Waals surface area contributed by atoms with Crippen LogP contribution in [0.2, 0.25) is 0 Å². The van der Waals surface area contributed by atoms with Crippen molar-refractivity contribution < 1.29 is 9.59 Å². The van der Waals surface area contributed by atoms with Crippen LogP contribution in [0.3, 0.4) is 0 Å². The minimum absolute atomic E-state index is 0.0325. The largest absolute Gasteiger partial charge is 0.346 e. The summed E-state index contributed by atoms with van der Waals surface area (Å²) in [6.45, 7) is 7.79. The first kappa shape index (κ1) is 14.2. The van der Waals surface area contributed by atoms with E-state index in [-0.39, 0.29) is 17.2 Å². The molecule has 0 aromatic rings. The van der Waals surface area contributed by atoms with Gasteiger partial charge in [-0.05, 0) is 38.4 Å². The zero-order valence-electron chi connectivity index (χ0n) is 11.3. The molecule has 1 atom stereocenters. The number of rotatable bonds is 3. The summed E-state index contributed by atoms with van der Waals surface area (Å²) < 4.78 is 0. The van der Waals surface area contributed by atoms with Crippen molar-refractivity contribution in [1.82, 2.24) is 10.2 Å². The Labute approximate surface area is 104 Å². The summed E-state index contributed by atoms with van der Waals surface area (Å²) in [6.07, 6.45) is 2.61. The van der Waals surface area contributed by atoms with E-state index in [0.717, 1.165) is 32.2 Å². The van der Waals surface area contributed by atoms with Crippen molar-refractivity contribution in [3.05, 3.63) is 0 Å². The zero-order valence-corrected chi connectivity index (χ0v) is 11.3. The van der Waals surface area contributed by atoms with Crippen molar-refractivity contribution in [2.45, 2.75) is 39.7 Å². The third-order valence-corrected chi connectivity index (χ3v) is 3.46. The Morgan fingerprint density at radius 2 is 1.88 bits per heavy atom. The van der Waals surface area contributed by atoms with E-state index in [1.54, 1.807) is 0 Å². The summed E-state index contributed by atoms with van der Waals surface area (Å²) in [4.78, 5) is 25.3. The summed E-state index contributed by atoms with van der Waals surface area (Å²) >= 11 is 0. The molecule has 1 N–H and O–H groups in total. The number of nitrogens with zero attached hydrogens (tertiary/aromatic N) is 1. The van der Waals surface area contributed by atoms with Crippen molar-refractivity contribution in [1.29, 1.82) is 0 Å². The lowest BCUT2D eigenvalue weighted by molar-refractivity contribution is -0.130. The van der Waals surface area contributed by atoms with E-state index in [1.807, 2.05) is 20.8 Å². The van der Waals surface area contributed by atoms with Crippen molar-refractivity contribution in [3.63, 3.8) is 0 Å². The Morgan fingerprint density at radius 1 is 1.35 bits per heavy atom. The van der Waals surface area contributed by atoms with Gasteiger partial charge >= 0.3 is 0 Å². The van der Waals surface area contributed by atoms with Gasteiger partial charge in [0, 0.05) is 5.92 Å². The molecule has 0 aromatic carbocycles. The second-order valence-electron chi connectivity index (χ2n) is 6.07. The van der Waals surface area contributed by atoms with Crippen LogP contribution >= 0.6 is 0 Å². The minimum Gasteiger partial charge on any atom is -0.346 e. The maximum absolute atomic E-state index is 12.0. The molecule has 1 heterocycles. The quantitative estimate of drug-likeness (QED) is 0.750. The molecule has 0 aromatic heterocycles. The van der Waals surface area contributed by atoms with E-state index < -0.39 is 6.04 Å². The van der Waals surface area contributed by atoms with Crippen molar-refractivity contribution >= 4 is 12.2 Å². The lowest BCUT2D eigenvalue weighted by atomic mass is 9.86. The number of nitrogens with one attached hydrogen (secondary N) is 1. The lowest BCUT2D eigenvalue weighted by Gasteiger charge is -2.31. The van der Waals surface area contributed by atoms with Gasteiger partial charge in [0.25, 0.3) is 0 Å². The van der Waals surface area contributed by atoms with Gasteiger partial charge in [-0.15, -0.1) is 0 Å². The molecule has 17 heavy (non-hydrogen) atoms. The summed E-state index contributed by atoms with van der Waals surface area (Å²) in [6, 6.07) is -0.394. The Morgan fingerprint density at radius 3 is 2.29 bits per heavy atom. The number of amides is 1. The Hall–Kier alpha value is -0.900. The van der Waals surface area contributed by atoms with Gasteiger partial charge < -0.3 is 15.0 Å². The van der Waals surface area contributed by atoms with Gasteiger partial charge in [0.15, 0.2) is 0 Å². The lowest BCUT2D eigenvalue weighted by Crippen LogP contribution is -2.48. The Bertz CT molecular complexity index is 276. The Kier molecular flexibility index (Phi) is 4.69. The van der Waals surface area contributed by atoms with E-state index in [4.69, 9.17) is 0 Å². The molecule has 1 saturated heterocycles. The number of hydrogen-bond acceptors (Lipinski definition) is 3. The molecule has 1 unspecified atom stereocenters. The van der Waals surface area contributed by atoms with E-state index in [9.17, 15) is 9.59 Å². The molecule has 0 bridgehead atoms. The molecule has 4 nitrogen and oxygen atoms in total. The van der Waals surface area contributed by atoms with Crippen LogP contribution in [0.15, 0.2) is 0 Å². The van der Waals surface area contributed by atoms with Crippen LogP contribution < -0.4 is 5.32 Å². The third-order valence-electron chi connectivity index (χ3n) is 3.46. The normalized spacial score (nSPS) is 20.9. The first-order valence-electron chi connectivity index (χ1n) is 6.29. The smallest absolute Gasteiger partial charge is 0.223 e. The second kappa shape index (κ2) is 5.63. The number of likely N-dealkylation sites (tertiary alicyclic amines) is 1. The van der Waals surface area contributed by atoms with Crippen LogP contribution in [0.25, 0.3) is 0 Å². The van der Waals surface area contributed by atoms with E-state index in [0.29, 0.717) is 0 Å². The Balaban J connectivity index is 2.51. The molecular weight excluding hydrogens is 216 g/mol. The van der Waals surface area contributed by atoms with Crippen molar-refractivity contribution in [2.75, 3.05) is 20.1 Å². The molecule has 0 radical (unpaired) electrons. The summed E-state index contributed by atoms with van der Waals surface area (Å²) in [5.41, 5.74) is -0.219. The fourth-order valence-electron chi connectivity index (χ4n) is 2.00. The van der Waals surface area contributed by atoms with Crippen LogP contribution in [0, 0.1) is 11.3 Å². The summed E-state index contributed by atoms with van der Waals surface area (Å²) in [5, 5.41) is 2.87. The van der Waals surface area contributed by atoms with Gasteiger partial charge in [-0.2, -0.15) is 0 Å². The van der Waals surface area contributed by atoms with Gasteiger partial charge in [0.2, 0.25) is 5.91 Å². The molecule has 1 fully saturated rings. The maximum Gasteiger partial charge on any atom is 0.223 e. The minimum atomic E-state index is -0.394. The van der Waals surface area contributed by atoms with Crippen LogP contribution in [-0.2, 0) is 9.59 Å². The van der Waals surface area contributed by atoms with Crippen molar-refractivity contribution in [2.24, 2.45) is 11.3 Å². The highest BCUT2D eigenvalue weighted by Gasteiger charge is 2.29. The molecule has 4 heteroatoms.